The van der Waals surface area contributed by atoms with Gasteiger partial charge in [0.15, 0.2) is 0 Å². The molecule has 0 bridgehead atoms. The second kappa shape index (κ2) is 7.60. The summed E-state index contributed by atoms with van der Waals surface area (Å²) in [6, 6.07) is 0. The van der Waals surface area contributed by atoms with Gasteiger partial charge in [-0.25, -0.2) is 0 Å². The minimum absolute atomic E-state index is 1.08. The molecule has 0 atom stereocenters. The van der Waals surface area contributed by atoms with E-state index >= 15 is 0 Å². The molecule has 0 amide bonds. The molecule has 0 rings (SSSR count). The molecule has 0 aromatic heterocycles. The molecule has 0 radical (unpaired) electrons. The van der Waals surface area contributed by atoms with Crippen molar-refractivity contribution in [3.05, 3.63) is 49.1 Å². The average Bonchev–Trinajstić information content (AvgIpc) is 2.10. The van der Waals surface area contributed by atoms with Gasteiger partial charge in [-0.15, -0.1) is 0 Å². The van der Waals surface area contributed by atoms with Crippen molar-refractivity contribution in [1.29, 1.82) is 0 Å². The van der Waals surface area contributed by atoms with Crippen molar-refractivity contribution in [1.82, 2.24) is 0 Å². The molecule has 0 heterocycles. The van der Waals surface area contributed by atoms with E-state index in [0.717, 1.165) is 18.4 Å². The predicted octanol–water partition coefficient (Wildman–Crippen LogP) is 4.42. The Bertz CT molecular complexity index is 206. The molecule has 0 aromatic carbocycles. The van der Waals surface area contributed by atoms with Crippen LogP contribution in [-0.4, -0.2) is 0 Å². The van der Waals surface area contributed by atoms with Crippen molar-refractivity contribution in [2.45, 2.75) is 32.6 Å². The van der Waals surface area contributed by atoms with Crippen LogP contribution in [0, 0.1) is 0 Å². The fraction of sp³-hybridized carbons (Fsp3) is 0.385. The van der Waals surface area contributed by atoms with Crippen LogP contribution < -0.4 is 0 Å². The molecule has 0 aliphatic heterocycles. The highest BCUT2D eigenvalue weighted by molar-refractivity contribution is 5.22. The van der Waals surface area contributed by atoms with Crippen molar-refractivity contribution < 1.29 is 0 Å². The zero-order valence-corrected chi connectivity index (χ0v) is 8.68. The molecule has 0 aliphatic rings. The Hall–Kier alpha value is -1.04. The first-order valence-corrected chi connectivity index (χ1v) is 4.79. The molecular weight excluding hydrogens is 156 g/mol. The summed E-state index contributed by atoms with van der Waals surface area (Å²) in [6.45, 7) is 13.4. The largest absolute Gasteiger partial charge is 0.0991 e. The van der Waals surface area contributed by atoms with Crippen molar-refractivity contribution in [3.63, 3.8) is 0 Å². The first-order chi connectivity index (χ1) is 6.18. The van der Waals surface area contributed by atoms with Crippen LogP contribution in [0.2, 0.25) is 0 Å². The molecule has 0 unspecified atom stereocenters. The molecule has 0 fully saturated rings. The summed E-state index contributed by atoms with van der Waals surface area (Å²) >= 11 is 0. The van der Waals surface area contributed by atoms with E-state index in [9.17, 15) is 0 Å². The first-order valence-electron chi connectivity index (χ1n) is 4.79. The van der Waals surface area contributed by atoms with Gasteiger partial charge in [0.25, 0.3) is 0 Å². The van der Waals surface area contributed by atoms with E-state index in [0.29, 0.717) is 0 Å². The monoisotopic (exact) mass is 176 g/mol. The van der Waals surface area contributed by atoms with Crippen LogP contribution in [-0.2, 0) is 0 Å². The van der Waals surface area contributed by atoms with Crippen molar-refractivity contribution in [2.75, 3.05) is 0 Å². The lowest BCUT2D eigenvalue weighted by Gasteiger charge is -2.02. The van der Waals surface area contributed by atoms with Gasteiger partial charge in [-0.05, 0) is 32.6 Å². The maximum absolute atomic E-state index is 3.95. The molecule has 0 aromatic rings. The third-order valence-corrected chi connectivity index (χ3v) is 1.98. The normalized spacial score (nSPS) is 10.2. The van der Waals surface area contributed by atoms with Crippen LogP contribution in [0.3, 0.4) is 0 Å². The van der Waals surface area contributed by atoms with E-state index in [1.165, 1.54) is 18.4 Å². The molecule has 0 heteroatoms. The molecule has 0 saturated heterocycles. The van der Waals surface area contributed by atoms with Gasteiger partial charge in [-0.2, -0.15) is 0 Å². The minimum atomic E-state index is 1.08. The van der Waals surface area contributed by atoms with Crippen LogP contribution in [0.15, 0.2) is 49.1 Å². The summed E-state index contributed by atoms with van der Waals surface area (Å²) in [6.07, 6.45) is 10.6. The second-order valence-electron chi connectivity index (χ2n) is 3.29. The van der Waals surface area contributed by atoms with Crippen molar-refractivity contribution in [3.8, 4) is 0 Å². The first kappa shape index (κ1) is 12.0. The van der Waals surface area contributed by atoms with Crippen LogP contribution >= 0.6 is 0 Å². The fourth-order valence-corrected chi connectivity index (χ4v) is 1.01. The zero-order chi connectivity index (χ0) is 10.1. The molecular formula is C13H20. The topological polar surface area (TPSA) is 0 Å². The van der Waals surface area contributed by atoms with E-state index in [-0.39, 0.29) is 0 Å². The fourth-order valence-electron chi connectivity index (χ4n) is 1.01. The van der Waals surface area contributed by atoms with Gasteiger partial charge < -0.3 is 0 Å². The zero-order valence-electron chi connectivity index (χ0n) is 8.68. The molecule has 0 saturated carbocycles. The highest BCUT2D eigenvalue weighted by Gasteiger charge is 1.93. The van der Waals surface area contributed by atoms with Gasteiger partial charge in [0.2, 0.25) is 0 Å². The third kappa shape index (κ3) is 7.32. The quantitative estimate of drug-likeness (QED) is 0.398. The Morgan fingerprint density at radius 1 is 1.23 bits per heavy atom. The number of hydrogen-bond donors (Lipinski definition) is 0. The second-order valence-corrected chi connectivity index (χ2v) is 3.29. The van der Waals surface area contributed by atoms with Gasteiger partial charge in [-0.3, -0.25) is 0 Å². The Kier molecular flexibility index (Phi) is 6.99. The molecule has 72 valence electrons. The standard InChI is InChI=1S/C13H20/c1-5-6-7-8-9-10-11-13(4)12(2)3/h5-7H,1-2,4,8-11H2,3H3/b7-6-. The lowest BCUT2D eigenvalue weighted by Crippen LogP contribution is -1.82. The van der Waals surface area contributed by atoms with E-state index in [2.05, 4.69) is 25.8 Å². The molecule has 13 heavy (non-hydrogen) atoms. The van der Waals surface area contributed by atoms with Gasteiger partial charge in [-0.1, -0.05) is 49.1 Å². The minimum Gasteiger partial charge on any atom is -0.0991 e. The number of hydrogen-bond acceptors (Lipinski definition) is 0. The Morgan fingerprint density at radius 2 is 1.92 bits per heavy atom. The van der Waals surface area contributed by atoms with E-state index < -0.39 is 0 Å². The van der Waals surface area contributed by atoms with Gasteiger partial charge in [0, 0.05) is 0 Å². The summed E-state index contributed by atoms with van der Waals surface area (Å²) in [7, 11) is 0. The Labute approximate surface area is 82.4 Å². The number of unbranched alkanes of at least 4 members (excludes halogenated alkanes) is 2. The molecule has 0 N–H and O–H groups in total. The summed E-state index contributed by atoms with van der Waals surface area (Å²) in [5, 5.41) is 0. The summed E-state index contributed by atoms with van der Waals surface area (Å²) < 4.78 is 0. The van der Waals surface area contributed by atoms with E-state index in [1.54, 1.807) is 0 Å². The smallest absolute Gasteiger partial charge is 0.0282 e. The molecule has 0 spiro atoms. The van der Waals surface area contributed by atoms with Crippen molar-refractivity contribution >= 4 is 0 Å². The highest BCUT2D eigenvalue weighted by atomic mass is 14.0. The summed E-state index contributed by atoms with van der Waals surface area (Å²) in [4.78, 5) is 0. The molecule has 0 nitrogen and oxygen atoms in total. The van der Waals surface area contributed by atoms with E-state index in [1.807, 2.05) is 19.1 Å². The van der Waals surface area contributed by atoms with Gasteiger partial charge in [0.1, 0.15) is 0 Å². The van der Waals surface area contributed by atoms with Crippen LogP contribution in [0.1, 0.15) is 32.6 Å². The van der Waals surface area contributed by atoms with E-state index in [4.69, 9.17) is 0 Å². The predicted molar refractivity (Wildman–Crippen MR) is 61.8 cm³/mol. The summed E-state index contributed by atoms with van der Waals surface area (Å²) in [5.74, 6) is 0. The van der Waals surface area contributed by atoms with Gasteiger partial charge >= 0.3 is 0 Å². The van der Waals surface area contributed by atoms with Gasteiger partial charge in [0.05, 0.1) is 0 Å². The Morgan fingerprint density at radius 3 is 2.46 bits per heavy atom. The van der Waals surface area contributed by atoms with Crippen LogP contribution in [0.4, 0.5) is 0 Å². The number of allylic oxidation sites excluding steroid dienone is 5. The SMILES string of the molecule is C=C/C=C\CCCCC(=C)C(=C)C. The highest BCUT2D eigenvalue weighted by Crippen LogP contribution is 2.13. The van der Waals surface area contributed by atoms with Crippen LogP contribution in [0.25, 0.3) is 0 Å². The maximum atomic E-state index is 3.95. The lowest BCUT2D eigenvalue weighted by molar-refractivity contribution is 0.747. The Balaban J connectivity index is 3.36. The third-order valence-electron chi connectivity index (χ3n) is 1.98. The average molecular weight is 176 g/mol. The van der Waals surface area contributed by atoms with Crippen LogP contribution in [0.5, 0.6) is 0 Å². The van der Waals surface area contributed by atoms with Crippen molar-refractivity contribution in [2.24, 2.45) is 0 Å². The maximum Gasteiger partial charge on any atom is -0.0282 e. The summed E-state index contributed by atoms with van der Waals surface area (Å²) in [5.41, 5.74) is 2.30. The number of rotatable bonds is 7. The molecule has 0 aliphatic carbocycles. The lowest BCUT2D eigenvalue weighted by atomic mass is 10.0.